The van der Waals surface area contributed by atoms with Gasteiger partial charge in [0, 0.05) is 72.4 Å². The summed E-state index contributed by atoms with van der Waals surface area (Å²) in [5.41, 5.74) is -1.16. The fourth-order valence-electron chi connectivity index (χ4n) is 9.47. The molecule has 0 aliphatic rings. The maximum Gasteiger partial charge on any atom is 2.00 e. The number of hydrogen-bond acceptors (Lipinski definition) is 13. The molecule has 1 N–H and O–H groups in total. The van der Waals surface area contributed by atoms with Gasteiger partial charge in [-0.1, -0.05) is 87.9 Å². The van der Waals surface area contributed by atoms with Crippen LogP contribution in [0.2, 0.25) is 0 Å². The number of nitrogens with one attached hydrogen (secondary N) is 1. The Bertz CT molecular complexity index is 4650. The molecule has 39 heteroatoms. The molecule has 3 radical (unpaired) electrons. The van der Waals surface area contributed by atoms with E-state index in [-0.39, 0.29) is 73.0 Å². The molecule has 0 saturated heterocycles. The van der Waals surface area contributed by atoms with Gasteiger partial charge >= 0.3 is 51.9 Å². The van der Waals surface area contributed by atoms with Gasteiger partial charge in [0.25, 0.3) is 0 Å². The van der Waals surface area contributed by atoms with Crippen molar-refractivity contribution < 1.29 is 86.9 Å². The van der Waals surface area contributed by atoms with Crippen LogP contribution in [0.15, 0.2) is 213 Å². The van der Waals surface area contributed by atoms with Gasteiger partial charge in [-0.2, -0.15) is 81.2 Å². The van der Waals surface area contributed by atoms with Gasteiger partial charge in [-0.05, 0) is 208 Å². The first kappa shape index (κ1) is 92.5. The van der Waals surface area contributed by atoms with E-state index in [2.05, 4.69) is 155 Å². The van der Waals surface area contributed by atoms with Gasteiger partial charge in [0.2, 0.25) is 0 Å². The Morgan fingerprint density at radius 1 is 0.333 bits per heavy atom. The van der Waals surface area contributed by atoms with Crippen LogP contribution in [-0.4, -0.2) is 97.6 Å². The van der Waals surface area contributed by atoms with Crippen molar-refractivity contribution in [3.63, 3.8) is 0 Å². The number of rotatable bonds is 12. The number of nitrogens with zero attached hydrogens (tertiary/aromatic N) is 17. The third-order valence-electron chi connectivity index (χ3n) is 15.2. The topological polar surface area (TPSA) is 203 Å². The molecule has 0 aliphatic heterocycles. The average Bonchev–Trinajstić information content (AvgIpc) is 1.77. The molecular formula is C72H61BBr4F15N18Pt. The summed E-state index contributed by atoms with van der Waals surface area (Å²) in [5.74, 6) is 0.577. The fourth-order valence-corrected chi connectivity index (χ4v) is 10.9. The predicted molar refractivity (Wildman–Crippen MR) is 393 cm³/mol. The second kappa shape index (κ2) is 37.9. The molecule has 13 heterocycles. The molecule has 0 atom stereocenters. The zero-order chi connectivity index (χ0) is 78.1. The summed E-state index contributed by atoms with van der Waals surface area (Å²) in [5, 5.41) is 19.0. The Hall–Kier alpha value is -9.13. The van der Waals surface area contributed by atoms with Gasteiger partial charge < -0.3 is 9.36 Å². The van der Waals surface area contributed by atoms with Crippen LogP contribution in [-0.2, 0) is 74.6 Å². The minimum Gasteiger partial charge on any atom is -0.343 e. The molecule has 111 heavy (non-hydrogen) atoms. The van der Waals surface area contributed by atoms with E-state index in [1.165, 1.54) is 24.3 Å². The molecule has 585 valence electrons. The maximum atomic E-state index is 12.9. The molecule has 13 rings (SSSR count). The van der Waals surface area contributed by atoms with E-state index in [9.17, 15) is 65.9 Å². The molecule has 0 fully saturated rings. The molecule has 18 nitrogen and oxygen atoms in total. The molecule has 0 saturated carbocycles. The van der Waals surface area contributed by atoms with Gasteiger partial charge in [-0.3, -0.25) is 25.3 Å². The van der Waals surface area contributed by atoms with Crippen LogP contribution in [0.5, 0.6) is 0 Å². The molecule has 0 spiro atoms. The zero-order valence-electron chi connectivity index (χ0n) is 56.9. The van der Waals surface area contributed by atoms with Gasteiger partial charge in [-0.15, -0.1) is 12.1 Å². The van der Waals surface area contributed by atoms with E-state index in [1.807, 2.05) is 72.8 Å². The van der Waals surface area contributed by atoms with E-state index in [0.29, 0.717) is 22.8 Å². The number of halogens is 19. The van der Waals surface area contributed by atoms with Gasteiger partial charge in [-0.25, -0.2) is 39.3 Å². The Morgan fingerprint density at radius 2 is 0.622 bits per heavy atom. The smallest absolute Gasteiger partial charge is 0.343 e. The average molecular weight is 1990 g/mol. The number of aromatic nitrogens is 18. The largest absolute Gasteiger partial charge is 2.00 e. The van der Waals surface area contributed by atoms with Crippen molar-refractivity contribution >= 4 is 72.1 Å². The first-order valence-electron chi connectivity index (χ1n) is 30.9. The normalized spacial score (nSPS) is 11.8. The standard InChI is InChI=1S/C21H16F6N6.C21H14F6N6.C13H12Br2N2.C11H8Br2N2.C4H3F3N2.2CH4.B.Pt/c2*1-19(2,13-5-3-7-17(28-13)32-11-9-15(30-32)20(22,23)24)14-6-4-8-18(29-14)33-12-10-16(31-33)21(25,26)27;1-13(2,9-5-3-7-11(14)16-9)10-6-4-8-12(15)17-10;12-10-5-1-3-8(14-10)7-9-4-2-6-11(13)15-9;5-4(6,7)3-1-2-8-9-3;;;;/h3-12H,1-2H3;3-10H,1-2H3;3-8H,1-2H3;1-6H,7H2;1-2H,(H,8,9);2*1H4;;/q;-2;;;;;;;+2. The van der Waals surface area contributed by atoms with E-state index in [0.717, 1.165) is 115 Å². The van der Waals surface area contributed by atoms with Gasteiger partial charge in [0.1, 0.15) is 24.1 Å². The Morgan fingerprint density at radius 3 is 0.883 bits per heavy atom. The molecule has 13 aromatic heterocycles. The van der Waals surface area contributed by atoms with Crippen molar-refractivity contribution in [2.45, 2.75) is 110 Å². The molecule has 0 aromatic carbocycles. The van der Waals surface area contributed by atoms with Crippen LogP contribution in [0.1, 0.15) is 130 Å². The van der Waals surface area contributed by atoms with E-state index < -0.39 is 70.2 Å². The third-order valence-corrected chi connectivity index (χ3v) is 17.0. The second-order valence-corrected chi connectivity index (χ2v) is 27.3. The summed E-state index contributed by atoms with van der Waals surface area (Å²) in [6, 6.07) is 46.8. The van der Waals surface area contributed by atoms with Crippen LogP contribution in [0.3, 0.4) is 0 Å². The van der Waals surface area contributed by atoms with Crippen LogP contribution < -0.4 is 0 Å². The third kappa shape index (κ3) is 24.7. The summed E-state index contributed by atoms with van der Waals surface area (Å²) in [6.07, 6.45) is -13.8. The molecule has 13 aromatic rings. The number of pyridine rings is 8. The molecule has 0 bridgehead atoms. The zero-order valence-corrected chi connectivity index (χ0v) is 65.5. The SMILES string of the molecule is Brc1cccc(Cc2cccc(Br)n2)n1.C.C.CC(C)(c1cccc(-n2[c-]cc(C(F)(F)F)n2)n1)c1cccc(-n2[c-]cc(C(F)(F)F)n2)n1.CC(C)(c1cccc(-n2ccc(C(F)(F)F)n2)n1)c1cccc(-n2ccc(C(F)(F)F)n2)n1.CC(C)(c1cccc(Br)n1)c1cccc(Br)n1.FC(F)(F)c1ccn[nH]1.[B].[Pt+2]. The summed E-state index contributed by atoms with van der Waals surface area (Å²) in [6.45, 7) is 11.4. The Balaban J connectivity index is 0.000000262. The number of H-pyrrole nitrogens is 1. The Kier molecular flexibility index (Phi) is 31.6. The Labute approximate surface area is 676 Å². The fraction of sp³-hybridized carbons (Fsp3) is 0.236. The summed E-state index contributed by atoms with van der Waals surface area (Å²) in [4.78, 5) is 35.5. The van der Waals surface area contributed by atoms with Crippen molar-refractivity contribution in [1.29, 1.82) is 0 Å². The molecule has 0 aliphatic carbocycles. The number of aromatic amines is 1. The van der Waals surface area contributed by atoms with Gasteiger partial charge in [0.15, 0.2) is 23.0 Å². The summed E-state index contributed by atoms with van der Waals surface area (Å²) < 4.78 is 196. The van der Waals surface area contributed by atoms with Crippen LogP contribution in [0, 0.1) is 12.4 Å². The van der Waals surface area contributed by atoms with E-state index >= 15 is 0 Å². The van der Waals surface area contributed by atoms with Crippen molar-refractivity contribution in [1.82, 2.24) is 89.2 Å². The van der Waals surface area contributed by atoms with Crippen molar-refractivity contribution in [2.24, 2.45) is 0 Å². The van der Waals surface area contributed by atoms with Crippen LogP contribution in [0.4, 0.5) is 65.9 Å². The summed E-state index contributed by atoms with van der Waals surface area (Å²) in [7, 11) is 0. The molecule has 0 unspecified atom stereocenters. The second-order valence-electron chi connectivity index (χ2n) is 24.1. The van der Waals surface area contributed by atoms with E-state index in [4.69, 9.17) is 0 Å². The minimum atomic E-state index is -4.61. The van der Waals surface area contributed by atoms with E-state index in [1.54, 1.807) is 81.3 Å². The van der Waals surface area contributed by atoms with Crippen LogP contribution >= 0.6 is 63.7 Å². The molecule has 0 amide bonds. The summed E-state index contributed by atoms with van der Waals surface area (Å²) >= 11 is 13.5. The minimum absolute atomic E-state index is 0. The maximum absolute atomic E-state index is 12.9. The van der Waals surface area contributed by atoms with Crippen molar-refractivity contribution in [3.8, 4) is 23.3 Å². The first-order chi connectivity index (χ1) is 50.0. The number of alkyl halides is 15. The molecular weight excluding hydrogens is 1930 g/mol. The predicted octanol–water partition coefficient (Wildman–Crippen LogP) is 20.3. The van der Waals surface area contributed by atoms with Crippen molar-refractivity contribution in [3.05, 3.63) is 299 Å². The first-order valence-corrected chi connectivity index (χ1v) is 34.1. The van der Waals surface area contributed by atoms with Crippen molar-refractivity contribution in [2.75, 3.05) is 0 Å². The van der Waals surface area contributed by atoms with Crippen LogP contribution in [0.25, 0.3) is 23.3 Å². The monoisotopic (exact) mass is 1980 g/mol. The quantitative estimate of drug-likeness (QED) is 0.0524. The van der Waals surface area contributed by atoms with Gasteiger partial charge in [0.05, 0.1) is 45.8 Å². The number of hydrogen-bond donors (Lipinski definition) is 1.